The van der Waals surface area contributed by atoms with Crippen molar-refractivity contribution in [1.29, 1.82) is 0 Å². The van der Waals surface area contributed by atoms with E-state index in [-0.39, 0.29) is 5.57 Å². The third-order valence-electron chi connectivity index (χ3n) is 3.90. The number of nitrogens with one attached hydrogen (secondary N) is 1. The van der Waals surface area contributed by atoms with Crippen LogP contribution in [0, 0.1) is 0 Å². The molecule has 0 unspecified atom stereocenters. The third-order valence-corrected chi connectivity index (χ3v) is 3.90. The van der Waals surface area contributed by atoms with E-state index in [4.69, 9.17) is 9.47 Å². The Morgan fingerprint density at radius 1 is 1.10 bits per heavy atom. The van der Waals surface area contributed by atoms with Gasteiger partial charge in [0.1, 0.15) is 0 Å². The lowest BCUT2D eigenvalue weighted by Crippen LogP contribution is -2.21. The Labute approximate surface area is 166 Å². The number of hydrogen-bond acceptors (Lipinski definition) is 4. The van der Waals surface area contributed by atoms with Crippen LogP contribution in [0.2, 0.25) is 0 Å². The maximum Gasteiger partial charge on any atom is 0.418 e. The molecule has 5 nitrogen and oxygen atoms in total. The molecule has 1 amide bonds. The summed E-state index contributed by atoms with van der Waals surface area (Å²) in [6, 6.07) is 9.33. The van der Waals surface area contributed by atoms with Crippen molar-refractivity contribution in [3.05, 3.63) is 59.2 Å². The lowest BCUT2D eigenvalue weighted by molar-refractivity contribution is -0.137. The van der Waals surface area contributed by atoms with Crippen LogP contribution in [0.3, 0.4) is 0 Å². The number of anilines is 1. The van der Waals surface area contributed by atoms with E-state index in [1.807, 2.05) is 6.92 Å². The van der Waals surface area contributed by atoms with Crippen LogP contribution in [0.1, 0.15) is 25.0 Å². The van der Waals surface area contributed by atoms with Gasteiger partial charge in [-0.15, -0.1) is 0 Å². The van der Waals surface area contributed by atoms with E-state index >= 15 is 0 Å². The molecule has 0 atom stereocenters. The van der Waals surface area contributed by atoms with Crippen LogP contribution >= 0.6 is 0 Å². The summed E-state index contributed by atoms with van der Waals surface area (Å²) in [6.07, 6.45) is -3.36. The highest BCUT2D eigenvalue weighted by molar-refractivity contribution is 6.25. The van der Waals surface area contributed by atoms with Gasteiger partial charge in [-0.1, -0.05) is 18.2 Å². The first-order valence-electron chi connectivity index (χ1n) is 8.68. The van der Waals surface area contributed by atoms with Crippen LogP contribution in [0.15, 0.2) is 48.0 Å². The first-order chi connectivity index (χ1) is 13.7. The van der Waals surface area contributed by atoms with Crippen molar-refractivity contribution in [3.8, 4) is 11.5 Å². The summed E-state index contributed by atoms with van der Waals surface area (Å²) in [5, 5.41) is 2.18. The number of para-hydroxylation sites is 1. The highest BCUT2D eigenvalue weighted by atomic mass is 19.4. The minimum absolute atomic E-state index is 0.298. The van der Waals surface area contributed by atoms with E-state index in [1.54, 1.807) is 18.2 Å². The molecule has 8 heteroatoms. The van der Waals surface area contributed by atoms with E-state index in [1.165, 1.54) is 25.3 Å². The Morgan fingerprint density at radius 2 is 1.79 bits per heavy atom. The molecule has 0 saturated carbocycles. The van der Waals surface area contributed by atoms with Crippen molar-refractivity contribution in [2.45, 2.75) is 20.0 Å². The molecule has 2 rings (SSSR count). The third kappa shape index (κ3) is 5.60. The summed E-state index contributed by atoms with van der Waals surface area (Å²) in [5.74, 6) is -0.659. The van der Waals surface area contributed by atoms with Crippen LogP contribution in [-0.2, 0) is 15.8 Å². The predicted molar refractivity (Wildman–Crippen MR) is 103 cm³/mol. The lowest BCUT2D eigenvalue weighted by Gasteiger charge is -2.14. The van der Waals surface area contributed by atoms with Crippen molar-refractivity contribution in [3.63, 3.8) is 0 Å². The topological polar surface area (TPSA) is 64.6 Å². The van der Waals surface area contributed by atoms with Crippen molar-refractivity contribution in [1.82, 2.24) is 0 Å². The summed E-state index contributed by atoms with van der Waals surface area (Å²) in [4.78, 5) is 24.5. The number of ether oxygens (including phenoxy) is 2. The average molecular weight is 407 g/mol. The average Bonchev–Trinajstić information content (AvgIpc) is 2.66. The summed E-state index contributed by atoms with van der Waals surface area (Å²) >= 11 is 0. The van der Waals surface area contributed by atoms with Gasteiger partial charge in [0.2, 0.25) is 0 Å². The molecule has 0 bridgehead atoms. The quantitative estimate of drug-likeness (QED) is 0.410. The smallest absolute Gasteiger partial charge is 0.418 e. The number of carbonyl (C=O) groups is 2. The van der Waals surface area contributed by atoms with Gasteiger partial charge in [-0.3, -0.25) is 9.59 Å². The van der Waals surface area contributed by atoms with E-state index in [0.29, 0.717) is 23.7 Å². The molecule has 0 aromatic heterocycles. The van der Waals surface area contributed by atoms with Crippen molar-refractivity contribution in [2.75, 3.05) is 19.0 Å². The highest BCUT2D eigenvalue weighted by Gasteiger charge is 2.33. The number of amides is 1. The summed E-state index contributed by atoms with van der Waals surface area (Å²) in [7, 11) is 1.44. The Morgan fingerprint density at radius 3 is 2.38 bits per heavy atom. The number of rotatable bonds is 7. The summed E-state index contributed by atoms with van der Waals surface area (Å²) < 4.78 is 50.0. The van der Waals surface area contributed by atoms with Crippen molar-refractivity contribution in [2.24, 2.45) is 0 Å². The Kier molecular flexibility index (Phi) is 7.03. The monoisotopic (exact) mass is 407 g/mol. The fourth-order valence-corrected chi connectivity index (χ4v) is 2.57. The standard InChI is InChI=1S/C21H20F3NO4/c1-4-29-18-10-9-14(12-19(18)28-3)11-15(13(2)26)20(27)25-17-8-6-5-7-16(17)21(22,23)24/h5-12H,4H2,1-3H3,(H,25,27)/b15-11+. The van der Waals surface area contributed by atoms with Gasteiger partial charge in [-0.05, 0) is 49.8 Å². The second-order valence-corrected chi connectivity index (χ2v) is 5.95. The summed E-state index contributed by atoms with van der Waals surface area (Å²) in [5.41, 5.74) is -1.27. The first-order valence-corrected chi connectivity index (χ1v) is 8.68. The largest absolute Gasteiger partial charge is 0.493 e. The van der Waals surface area contributed by atoms with E-state index < -0.39 is 29.1 Å². The molecule has 0 radical (unpaired) electrons. The van der Waals surface area contributed by atoms with Crippen molar-refractivity contribution >= 4 is 23.5 Å². The lowest BCUT2D eigenvalue weighted by atomic mass is 10.1. The fourth-order valence-electron chi connectivity index (χ4n) is 2.57. The molecular weight excluding hydrogens is 387 g/mol. The van der Waals surface area contributed by atoms with Gasteiger partial charge in [0, 0.05) is 0 Å². The first kappa shape index (κ1) is 22.0. The molecule has 0 aliphatic rings. The van der Waals surface area contributed by atoms with Gasteiger partial charge in [-0.25, -0.2) is 0 Å². The number of alkyl halides is 3. The summed E-state index contributed by atoms with van der Waals surface area (Å²) in [6.45, 7) is 3.39. The molecule has 1 N–H and O–H groups in total. The normalized spacial score (nSPS) is 11.7. The number of halogens is 3. The van der Waals surface area contributed by atoms with Crippen LogP contribution < -0.4 is 14.8 Å². The van der Waals surface area contributed by atoms with Gasteiger partial charge in [-0.2, -0.15) is 13.2 Å². The van der Waals surface area contributed by atoms with Crippen LogP contribution in [-0.4, -0.2) is 25.4 Å². The predicted octanol–water partition coefficient (Wildman–Crippen LogP) is 4.72. The zero-order valence-corrected chi connectivity index (χ0v) is 16.1. The molecule has 2 aromatic carbocycles. The molecule has 29 heavy (non-hydrogen) atoms. The molecule has 0 heterocycles. The van der Waals surface area contributed by atoms with Crippen LogP contribution in [0.5, 0.6) is 11.5 Å². The van der Waals surface area contributed by atoms with E-state index in [9.17, 15) is 22.8 Å². The molecule has 0 fully saturated rings. The maximum absolute atomic E-state index is 13.1. The van der Waals surface area contributed by atoms with Crippen molar-refractivity contribution < 1.29 is 32.2 Å². The Hall–Kier alpha value is -3.29. The molecule has 2 aromatic rings. The number of benzene rings is 2. The number of carbonyl (C=O) groups excluding carboxylic acids is 2. The molecule has 0 aliphatic heterocycles. The SMILES string of the molecule is CCOc1ccc(/C=C(\C(C)=O)C(=O)Nc2ccccc2C(F)(F)F)cc1OC. The molecule has 0 saturated heterocycles. The molecular formula is C21H20F3NO4. The molecule has 0 aliphatic carbocycles. The molecule has 0 spiro atoms. The Bertz CT molecular complexity index is 936. The zero-order valence-electron chi connectivity index (χ0n) is 16.1. The van der Waals surface area contributed by atoms with Gasteiger partial charge in [0.25, 0.3) is 5.91 Å². The van der Waals surface area contributed by atoms with Crippen LogP contribution in [0.25, 0.3) is 6.08 Å². The van der Waals surface area contributed by atoms with E-state index in [0.717, 1.165) is 19.1 Å². The minimum atomic E-state index is -4.65. The van der Waals surface area contributed by atoms with Gasteiger partial charge < -0.3 is 14.8 Å². The van der Waals surface area contributed by atoms with Gasteiger partial charge in [0.05, 0.1) is 30.5 Å². The number of ketones is 1. The minimum Gasteiger partial charge on any atom is -0.493 e. The van der Waals surface area contributed by atoms with Gasteiger partial charge >= 0.3 is 6.18 Å². The molecule has 154 valence electrons. The second kappa shape index (κ2) is 9.27. The number of methoxy groups -OCH3 is 1. The number of hydrogen-bond donors (Lipinski definition) is 1. The second-order valence-electron chi connectivity index (χ2n) is 5.95. The fraction of sp³-hybridized carbons (Fsp3) is 0.238. The number of Topliss-reactive ketones (excluding diaryl/α,β-unsaturated/α-hetero) is 1. The Balaban J connectivity index is 2.38. The maximum atomic E-state index is 13.1. The van der Waals surface area contributed by atoms with Gasteiger partial charge in [0.15, 0.2) is 17.3 Å². The van der Waals surface area contributed by atoms with Crippen LogP contribution in [0.4, 0.5) is 18.9 Å². The highest BCUT2D eigenvalue weighted by Crippen LogP contribution is 2.35. The van der Waals surface area contributed by atoms with E-state index in [2.05, 4.69) is 5.32 Å². The zero-order chi connectivity index (χ0) is 21.6.